The lowest BCUT2D eigenvalue weighted by atomic mass is 9.99. The van der Waals surface area contributed by atoms with Gasteiger partial charge < -0.3 is 0 Å². The van der Waals surface area contributed by atoms with Crippen molar-refractivity contribution < 1.29 is 4.79 Å². The number of carbonyl (C=O) groups is 1. The maximum Gasteiger partial charge on any atom is 0.150 e. The molecule has 1 aromatic rings. The number of hydrogen-bond acceptors (Lipinski definition) is 1. The van der Waals surface area contributed by atoms with Crippen molar-refractivity contribution in [2.24, 2.45) is 0 Å². The number of allylic oxidation sites excluding steroid dienone is 1. The second kappa shape index (κ2) is 3.35. The van der Waals surface area contributed by atoms with E-state index in [9.17, 15) is 4.79 Å². The average molecular weight is 160 g/mol. The van der Waals surface area contributed by atoms with Gasteiger partial charge in [-0.15, -0.1) is 0 Å². The van der Waals surface area contributed by atoms with Crippen LogP contribution >= 0.6 is 0 Å². The molecule has 0 aliphatic carbocycles. The number of hydrogen-bond donors (Lipinski definition) is 0. The van der Waals surface area contributed by atoms with Crippen molar-refractivity contribution in [1.82, 2.24) is 0 Å². The van der Waals surface area contributed by atoms with Gasteiger partial charge in [-0.25, -0.2) is 0 Å². The van der Waals surface area contributed by atoms with E-state index in [1.54, 1.807) is 0 Å². The first-order valence-corrected chi connectivity index (χ1v) is 3.87. The molecule has 0 N–H and O–H groups in total. The Kier molecular flexibility index (Phi) is 2.44. The molecule has 0 aliphatic heterocycles. The van der Waals surface area contributed by atoms with Crippen molar-refractivity contribution in [1.29, 1.82) is 0 Å². The van der Waals surface area contributed by atoms with Crippen molar-refractivity contribution in [2.75, 3.05) is 0 Å². The predicted molar refractivity (Wildman–Crippen MR) is 51.3 cm³/mol. The minimum Gasteiger partial charge on any atom is -0.298 e. The molecule has 1 aromatic carbocycles. The smallest absolute Gasteiger partial charge is 0.150 e. The fraction of sp³-hybridized carbons (Fsp3) is 0.182. The van der Waals surface area contributed by atoms with E-state index < -0.39 is 0 Å². The molecule has 0 atom stereocenters. The van der Waals surface area contributed by atoms with E-state index in [0.717, 1.165) is 28.5 Å². The summed E-state index contributed by atoms with van der Waals surface area (Å²) in [5, 5.41) is 0. The van der Waals surface area contributed by atoms with E-state index in [2.05, 4.69) is 6.58 Å². The Morgan fingerprint density at radius 2 is 2.17 bits per heavy atom. The molecular weight excluding hydrogens is 148 g/mol. The first kappa shape index (κ1) is 8.72. The predicted octanol–water partition coefficient (Wildman–Crippen LogP) is 2.84. The lowest BCUT2D eigenvalue weighted by Gasteiger charge is -2.05. The summed E-state index contributed by atoms with van der Waals surface area (Å²) in [6, 6.07) is 5.67. The molecule has 1 rings (SSSR count). The highest BCUT2D eigenvalue weighted by molar-refractivity contribution is 5.81. The molecule has 1 nitrogen and oxygen atoms in total. The summed E-state index contributed by atoms with van der Waals surface area (Å²) in [5.41, 5.74) is 3.83. The molecule has 0 fully saturated rings. The second-order valence-corrected chi connectivity index (χ2v) is 2.92. The second-order valence-electron chi connectivity index (χ2n) is 2.92. The van der Waals surface area contributed by atoms with E-state index in [0.29, 0.717) is 0 Å². The number of rotatable bonds is 2. The van der Waals surface area contributed by atoms with E-state index >= 15 is 0 Å². The van der Waals surface area contributed by atoms with Crippen molar-refractivity contribution in [3.8, 4) is 0 Å². The average Bonchev–Trinajstić information content (AvgIpc) is 2.04. The first-order valence-electron chi connectivity index (χ1n) is 3.87. The molecule has 0 heterocycles. The van der Waals surface area contributed by atoms with Gasteiger partial charge in [0.25, 0.3) is 0 Å². The zero-order valence-corrected chi connectivity index (χ0v) is 7.42. The molecule has 12 heavy (non-hydrogen) atoms. The summed E-state index contributed by atoms with van der Waals surface area (Å²) in [5.74, 6) is 0. The maximum atomic E-state index is 10.6. The van der Waals surface area contributed by atoms with Gasteiger partial charge in [-0.3, -0.25) is 4.79 Å². The normalized spacial score (nSPS) is 9.50. The van der Waals surface area contributed by atoms with Gasteiger partial charge in [0.1, 0.15) is 6.29 Å². The Bertz CT molecular complexity index is 324. The van der Waals surface area contributed by atoms with Gasteiger partial charge in [0, 0.05) is 5.56 Å². The Morgan fingerprint density at radius 1 is 1.50 bits per heavy atom. The summed E-state index contributed by atoms with van der Waals surface area (Å²) in [6.07, 6.45) is 0.877. The molecule has 62 valence electrons. The summed E-state index contributed by atoms with van der Waals surface area (Å²) in [4.78, 5) is 10.6. The quantitative estimate of drug-likeness (QED) is 0.608. The fourth-order valence-electron chi connectivity index (χ4n) is 1.24. The minimum atomic E-state index is 0.746. The minimum absolute atomic E-state index is 0.746. The van der Waals surface area contributed by atoms with Crippen molar-refractivity contribution in [3.63, 3.8) is 0 Å². The van der Waals surface area contributed by atoms with Crippen LogP contribution in [0.3, 0.4) is 0 Å². The monoisotopic (exact) mass is 160 g/mol. The third-order valence-electron chi connectivity index (χ3n) is 1.96. The van der Waals surface area contributed by atoms with Crippen molar-refractivity contribution in [3.05, 3.63) is 41.5 Å². The third kappa shape index (κ3) is 1.45. The standard InChI is InChI=1S/C11H12O/c1-8(2)11-6-4-5-10(7-12)9(11)3/h4-7H,1H2,2-3H3. The topological polar surface area (TPSA) is 17.1 Å². The van der Waals surface area contributed by atoms with Crippen LogP contribution in [0, 0.1) is 6.92 Å². The molecule has 0 aliphatic rings. The SMILES string of the molecule is C=C(C)c1cccc(C=O)c1C. The van der Waals surface area contributed by atoms with Crippen LogP contribution in [0.25, 0.3) is 5.57 Å². The summed E-state index contributed by atoms with van der Waals surface area (Å²) >= 11 is 0. The number of aldehydes is 1. The zero-order chi connectivity index (χ0) is 9.14. The van der Waals surface area contributed by atoms with Crippen LogP contribution < -0.4 is 0 Å². The Labute approximate surface area is 72.7 Å². The molecule has 0 aromatic heterocycles. The Hall–Kier alpha value is -1.37. The van der Waals surface area contributed by atoms with Gasteiger partial charge >= 0.3 is 0 Å². The highest BCUT2D eigenvalue weighted by Gasteiger charge is 2.02. The van der Waals surface area contributed by atoms with Gasteiger partial charge in [-0.05, 0) is 25.0 Å². The molecule has 0 spiro atoms. The van der Waals surface area contributed by atoms with Gasteiger partial charge in [-0.2, -0.15) is 0 Å². The van der Waals surface area contributed by atoms with Crippen molar-refractivity contribution >= 4 is 11.9 Å². The van der Waals surface area contributed by atoms with E-state index in [4.69, 9.17) is 0 Å². The highest BCUT2D eigenvalue weighted by atomic mass is 16.1. The lowest BCUT2D eigenvalue weighted by Crippen LogP contribution is -1.91. The molecule has 0 amide bonds. The summed E-state index contributed by atoms with van der Waals surface area (Å²) in [6.45, 7) is 7.73. The summed E-state index contributed by atoms with van der Waals surface area (Å²) in [7, 11) is 0. The Morgan fingerprint density at radius 3 is 2.67 bits per heavy atom. The van der Waals surface area contributed by atoms with Crippen LogP contribution in [-0.2, 0) is 0 Å². The molecule has 0 bridgehead atoms. The van der Waals surface area contributed by atoms with E-state index in [1.165, 1.54) is 0 Å². The van der Waals surface area contributed by atoms with Gasteiger partial charge in [0.2, 0.25) is 0 Å². The zero-order valence-electron chi connectivity index (χ0n) is 7.42. The number of carbonyl (C=O) groups excluding carboxylic acids is 1. The van der Waals surface area contributed by atoms with Crippen LogP contribution in [0.5, 0.6) is 0 Å². The summed E-state index contributed by atoms with van der Waals surface area (Å²) < 4.78 is 0. The molecule has 0 saturated heterocycles. The molecular formula is C11H12O. The van der Waals surface area contributed by atoms with Crippen LogP contribution in [0.4, 0.5) is 0 Å². The van der Waals surface area contributed by atoms with E-state index in [1.807, 2.05) is 32.0 Å². The molecule has 0 radical (unpaired) electrons. The molecule has 0 saturated carbocycles. The lowest BCUT2D eigenvalue weighted by molar-refractivity contribution is 0.112. The van der Waals surface area contributed by atoms with Crippen LogP contribution in [0.1, 0.15) is 28.4 Å². The van der Waals surface area contributed by atoms with Gasteiger partial charge in [0.15, 0.2) is 0 Å². The van der Waals surface area contributed by atoms with Crippen molar-refractivity contribution in [2.45, 2.75) is 13.8 Å². The fourth-order valence-corrected chi connectivity index (χ4v) is 1.24. The van der Waals surface area contributed by atoms with E-state index in [-0.39, 0.29) is 0 Å². The van der Waals surface area contributed by atoms with Crippen LogP contribution in [0.2, 0.25) is 0 Å². The van der Waals surface area contributed by atoms with Gasteiger partial charge in [0.05, 0.1) is 0 Å². The largest absolute Gasteiger partial charge is 0.298 e. The highest BCUT2D eigenvalue weighted by Crippen LogP contribution is 2.18. The third-order valence-corrected chi connectivity index (χ3v) is 1.96. The Balaban J connectivity index is 3.32. The maximum absolute atomic E-state index is 10.6. The molecule has 0 unspecified atom stereocenters. The van der Waals surface area contributed by atoms with Gasteiger partial charge in [-0.1, -0.05) is 30.4 Å². The molecule has 1 heteroatoms. The first-order chi connectivity index (χ1) is 5.66. The van der Waals surface area contributed by atoms with Crippen LogP contribution in [0.15, 0.2) is 24.8 Å². The number of benzene rings is 1. The van der Waals surface area contributed by atoms with Crippen LogP contribution in [-0.4, -0.2) is 6.29 Å².